The van der Waals surface area contributed by atoms with Crippen LogP contribution in [0.25, 0.3) is 0 Å². The molecule has 0 spiro atoms. The average Bonchev–Trinajstić information content (AvgIpc) is 3.33. The van der Waals surface area contributed by atoms with Crippen LogP contribution in [0.3, 0.4) is 0 Å². The van der Waals surface area contributed by atoms with Gasteiger partial charge in [-0.2, -0.15) is 0 Å². The van der Waals surface area contributed by atoms with Gasteiger partial charge in [-0.3, -0.25) is 9.59 Å². The van der Waals surface area contributed by atoms with E-state index in [1.807, 2.05) is 32.0 Å². The minimum Gasteiger partial charge on any atom is -0.274 e. The van der Waals surface area contributed by atoms with E-state index in [1.165, 1.54) is 10.5 Å². The highest BCUT2D eigenvalue weighted by atomic mass is 79.9. The van der Waals surface area contributed by atoms with Crippen molar-refractivity contribution in [2.24, 2.45) is 23.7 Å². The van der Waals surface area contributed by atoms with Gasteiger partial charge in [0.15, 0.2) is 0 Å². The third-order valence-electron chi connectivity index (χ3n) is 7.18. The molecule has 2 amide bonds. The highest BCUT2D eigenvalue weighted by molar-refractivity contribution is 9.10. The Morgan fingerprint density at radius 1 is 0.889 bits per heavy atom. The molecule has 0 radical (unpaired) electrons. The van der Waals surface area contributed by atoms with Gasteiger partial charge in [-0.25, -0.2) is 4.90 Å². The fraction of sp³-hybridized carbons (Fsp3) is 0.391. The third-order valence-corrected chi connectivity index (χ3v) is 8.04. The monoisotopic (exact) mass is 423 g/mol. The van der Waals surface area contributed by atoms with Crippen molar-refractivity contribution in [2.45, 2.75) is 32.6 Å². The number of halogens is 1. The number of imide groups is 1. The Morgan fingerprint density at radius 3 is 2.33 bits per heavy atom. The van der Waals surface area contributed by atoms with Crippen LogP contribution in [0.1, 0.15) is 35.4 Å². The molecule has 0 aromatic heterocycles. The van der Waals surface area contributed by atoms with Crippen molar-refractivity contribution in [3.05, 3.63) is 63.6 Å². The molecule has 3 nitrogen and oxygen atoms in total. The summed E-state index contributed by atoms with van der Waals surface area (Å²) < 4.78 is 1.01. The Balaban J connectivity index is 1.52. The zero-order valence-electron chi connectivity index (χ0n) is 15.5. The minimum atomic E-state index is -0.148. The van der Waals surface area contributed by atoms with E-state index in [-0.39, 0.29) is 23.7 Å². The van der Waals surface area contributed by atoms with Gasteiger partial charge < -0.3 is 0 Å². The van der Waals surface area contributed by atoms with Gasteiger partial charge >= 0.3 is 0 Å². The highest BCUT2D eigenvalue weighted by Gasteiger charge is 2.64. The molecule has 2 saturated carbocycles. The Kier molecular flexibility index (Phi) is 3.84. The molecule has 5 atom stereocenters. The number of anilines is 1. The van der Waals surface area contributed by atoms with E-state index in [0.717, 1.165) is 34.1 Å². The number of fused-ring (bicyclic) bond motifs is 5. The molecule has 2 aromatic rings. The zero-order valence-corrected chi connectivity index (χ0v) is 17.1. The predicted octanol–water partition coefficient (Wildman–Crippen LogP) is 5.00. The molecule has 27 heavy (non-hydrogen) atoms. The fourth-order valence-electron chi connectivity index (χ4n) is 5.80. The van der Waals surface area contributed by atoms with Gasteiger partial charge in [0.2, 0.25) is 11.8 Å². The van der Waals surface area contributed by atoms with Crippen LogP contribution in [0.4, 0.5) is 5.69 Å². The Bertz CT molecular complexity index is 954. The molecule has 3 aliphatic rings. The van der Waals surface area contributed by atoms with Crippen molar-refractivity contribution in [1.82, 2.24) is 0 Å². The molecule has 1 saturated heterocycles. The topological polar surface area (TPSA) is 37.4 Å². The summed E-state index contributed by atoms with van der Waals surface area (Å²) in [4.78, 5) is 28.2. The van der Waals surface area contributed by atoms with Crippen molar-refractivity contribution in [1.29, 1.82) is 0 Å². The van der Waals surface area contributed by atoms with Gasteiger partial charge in [0, 0.05) is 4.47 Å². The third kappa shape index (κ3) is 2.32. The van der Waals surface area contributed by atoms with Gasteiger partial charge in [-0.15, -0.1) is 0 Å². The fourth-order valence-corrected chi connectivity index (χ4v) is 6.23. The largest absolute Gasteiger partial charge is 0.274 e. The molecule has 2 aliphatic carbocycles. The molecular weight excluding hydrogens is 402 g/mol. The summed E-state index contributed by atoms with van der Waals surface area (Å²) in [6.45, 7) is 4.01. The van der Waals surface area contributed by atoms with Crippen LogP contribution in [-0.4, -0.2) is 11.8 Å². The van der Waals surface area contributed by atoms with Crippen LogP contribution in [0.2, 0.25) is 0 Å². The first-order chi connectivity index (χ1) is 13.0. The van der Waals surface area contributed by atoms with E-state index >= 15 is 0 Å². The summed E-state index contributed by atoms with van der Waals surface area (Å²) in [6.07, 6.45) is 2.04. The zero-order chi connectivity index (χ0) is 18.9. The lowest BCUT2D eigenvalue weighted by Gasteiger charge is -2.28. The van der Waals surface area contributed by atoms with Crippen LogP contribution in [0.5, 0.6) is 0 Å². The summed E-state index contributed by atoms with van der Waals surface area (Å²) in [6, 6.07) is 14.3. The van der Waals surface area contributed by atoms with Crippen molar-refractivity contribution in [3.8, 4) is 0 Å². The standard InChI is InChI=1S/C23H22BrNO2/c1-12-13(2)19(9-8-18(12)24)25-22(26)20-15-10-16(14-6-4-3-5-7-14)17(11-15)21(20)23(25)27/h3-9,15-17,20-21H,10-11H2,1-2H3/t15-,16-,17+,20-,21-/m0/s1. The normalized spacial score (nSPS) is 31.7. The molecule has 2 bridgehead atoms. The quantitative estimate of drug-likeness (QED) is 0.637. The molecule has 1 heterocycles. The molecule has 0 unspecified atom stereocenters. The number of hydrogen-bond acceptors (Lipinski definition) is 2. The van der Waals surface area contributed by atoms with Gasteiger partial charge in [0.25, 0.3) is 0 Å². The van der Waals surface area contributed by atoms with Crippen molar-refractivity contribution < 1.29 is 9.59 Å². The average molecular weight is 424 g/mol. The number of benzene rings is 2. The molecule has 3 fully saturated rings. The SMILES string of the molecule is Cc1c(Br)ccc(N2C(=O)[C@H]3[C@@H]4C[C@@H]([C@@H]3C2=O)[C@H](c2ccccc2)C4)c1C. The second kappa shape index (κ2) is 6.03. The van der Waals surface area contributed by atoms with Crippen LogP contribution in [0.15, 0.2) is 46.9 Å². The Labute approximate surface area is 167 Å². The van der Waals surface area contributed by atoms with E-state index in [4.69, 9.17) is 0 Å². The lowest BCUT2D eigenvalue weighted by molar-refractivity contribution is -0.123. The molecule has 0 N–H and O–H groups in total. The van der Waals surface area contributed by atoms with Crippen LogP contribution in [0, 0.1) is 37.5 Å². The van der Waals surface area contributed by atoms with Crippen molar-refractivity contribution >= 4 is 33.4 Å². The van der Waals surface area contributed by atoms with E-state index in [2.05, 4.69) is 40.2 Å². The second-order valence-electron chi connectivity index (χ2n) is 8.29. The number of nitrogens with zero attached hydrogens (tertiary/aromatic N) is 1. The number of rotatable bonds is 2. The lowest BCUT2D eigenvalue weighted by atomic mass is 9.73. The molecule has 1 aliphatic heterocycles. The highest BCUT2D eigenvalue weighted by Crippen LogP contribution is 2.62. The van der Waals surface area contributed by atoms with Gasteiger partial charge in [0.1, 0.15) is 0 Å². The number of carbonyl (C=O) groups is 2. The number of hydrogen-bond donors (Lipinski definition) is 0. The molecular formula is C23H22BrNO2. The van der Waals surface area contributed by atoms with Crippen LogP contribution in [-0.2, 0) is 9.59 Å². The summed E-state index contributed by atoms with van der Waals surface area (Å²) in [5.41, 5.74) is 4.15. The maximum atomic E-state index is 13.4. The van der Waals surface area contributed by atoms with Crippen LogP contribution >= 0.6 is 15.9 Å². The Hall–Kier alpha value is -1.94. The van der Waals surface area contributed by atoms with E-state index in [1.54, 1.807) is 0 Å². The molecule has 4 heteroatoms. The first-order valence-corrected chi connectivity index (χ1v) is 10.5. The van der Waals surface area contributed by atoms with Gasteiger partial charge in [-0.05, 0) is 73.3 Å². The first kappa shape index (κ1) is 17.2. The van der Waals surface area contributed by atoms with Crippen LogP contribution < -0.4 is 4.90 Å². The summed E-state index contributed by atoms with van der Waals surface area (Å²) in [7, 11) is 0. The second-order valence-corrected chi connectivity index (χ2v) is 9.15. The van der Waals surface area contributed by atoms with E-state index in [0.29, 0.717) is 17.8 Å². The first-order valence-electron chi connectivity index (χ1n) is 9.67. The van der Waals surface area contributed by atoms with Crippen molar-refractivity contribution in [3.63, 3.8) is 0 Å². The van der Waals surface area contributed by atoms with Gasteiger partial charge in [-0.1, -0.05) is 46.3 Å². The number of amides is 2. The molecule has 138 valence electrons. The minimum absolute atomic E-state index is 0.0166. The summed E-state index contributed by atoms with van der Waals surface area (Å²) in [5.74, 6) is 0.804. The molecule has 2 aromatic carbocycles. The van der Waals surface area contributed by atoms with E-state index < -0.39 is 0 Å². The number of carbonyl (C=O) groups excluding carboxylic acids is 2. The van der Waals surface area contributed by atoms with Gasteiger partial charge in [0.05, 0.1) is 17.5 Å². The smallest absolute Gasteiger partial charge is 0.238 e. The summed E-state index contributed by atoms with van der Waals surface area (Å²) >= 11 is 3.54. The summed E-state index contributed by atoms with van der Waals surface area (Å²) in [5, 5.41) is 0. The predicted molar refractivity (Wildman–Crippen MR) is 108 cm³/mol. The maximum absolute atomic E-state index is 13.4. The van der Waals surface area contributed by atoms with E-state index in [9.17, 15) is 9.59 Å². The lowest BCUT2D eigenvalue weighted by Crippen LogP contribution is -2.33. The Morgan fingerprint density at radius 2 is 1.59 bits per heavy atom. The maximum Gasteiger partial charge on any atom is 0.238 e. The molecule has 5 rings (SSSR count). The van der Waals surface area contributed by atoms with Crippen molar-refractivity contribution in [2.75, 3.05) is 4.90 Å².